The zero-order valence-electron chi connectivity index (χ0n) is 10.7. The quantitative estimate of drug-likeness (QED) is 0.898. The van der Waals surface area contributed by atoms with Gasteiger partial charge >= 0.3 is 0 Å². The van der Waals surface area contributed by atoms with Crippen LogP contribution in [0, 0.1) is 12.8 Å². The van der Waals surface area contributed by atoms with Crippen LogP contribution in [0.5, 0.6) is 5.75 Å². The number of aryl methyl sites for hydroxylation is 1. The molecule has 0 aromatic heterocycles. The summed E-state index contributed by atoms with van der Waals surface area (Å²) in [5, 5.41) is 0. The lowest BCUT2D eigenvalue weighted by molar-refractivity contribution is 0.00387. The lowest BCUT2D eigenvalue weighted by Crippen LogP contribution is -2.22. The second-order valence-electron chi connectivity index (χ2n) is 5.13. The number of methoxy groups -OCH3 is 1. The van der Waals surface area contributed by atoms with Crippen LogP contribution < -0.4 is 10.5 Å². The Morgan fingerprint density at radius 3 is 2.72 bits per heavy atom. The van der Waals surface area contributed by atoms with Crippen LogP contribution in [-0.2, 0) is 0 Å². The summed E-state index contributed by atoms with van der Waals surface area (Å²) in [6.45, 7) is 1.96. The van der Waals surface area contributed by atoms with Crippen molar-refractivity contribution in [3.8, 4) is 5.75 Å². The fraction of sp³-hybridized carbons (Fsp3) is 0.571. The van der Waals surface area contributed by atoms with E-state index < -0.39 is 5.92 Å². The van der Waals surface area contributed by atoms with Gasteiger partial charge in [-0.3, -0.25) is 0 Å². The maximum absolute atomic E-state index is 13.2. The maximum atomic E-state index is 13.2. The van der Waals surface area contributed by atoms with Crippen LogP contribution in [0.25, 0.3) is 0 Å². The van der Waals surface area contributed by atoms with E-state index in [2.05, 4.69) is 0 Å². The first-order valence-electron chi connectivity index (χ1n) is 6.21. The SMILES string of the molecule is COc1ccc(C)cc1C(N)C1CCC(F)(F)C1. The number of alkyl halides is 2. The monoisotopic (exact) mass is 255 g/mol. The predicted molar refractivity (Wildman–Crippen MR) is 66.9 cm³/mol. The summed E-state index contributed by atoms with van der Waals surface area (Å²) in [6.07, 6.45) is 0.302. The van der Waals surface area contributed by atoms with Gasteiger partial charge in [-0.1, -0.05) is 17.7 Å². The van der Waals surface area contributed by atoms with Crippen molar-refractivity contribution < 1.29 is 13.5 Å². The molecule has 2 rings (SSSR count). The Morgan fingerprint density at radius 2 is 2.17 bits per heavy atom. The molecule has 18 heavy (non-hydrogen) atoms. The van der Waals surface area contributed by atoms with E-state index in [0.29, 0.717) is 12.2 Å². The second kappa shape index (κ2) is 4.84. The van der Waals surface area contributed by atoms with Gasteiger partial charge in [0.05, 0.1) is 7.11 Å². The summed E-state index contributed by atoms with van der Waals surface area (Å²) < 4.78 is 31.8. The van der Waals surface area contributed by atoms with Crippen molar-refractivity contribution in [2.45, 2.75) is 38.2 Å². The van der Waals surface area contributed by atoms with Gasteiger partial charge in [0.2, 0.25) is 5.92 Å². The molecule has 0 spiro atoms. The van der Waals surface area contributed by atoms with Crippen LogP contribution in [0.3, 0.4) is 0 Å². The number of hydrogen-bond donors (Lipinski definition) is 1. The van der Waals surface area contributed by atoms with Crippen molar-refractivity contribution in [2.75, 3.05) is 7.11 Å². The molecule has 2 atom stereocenters. The predicted octanol–water partition coefficient (Wildman–Crippen LogP) is 3.44. The minimum Gasteiger partial charge on any atom is -0.496 e. The van der Waals surface area contributed by atoms with Gasteiger partial charge in [0.1, 0.15) is 5.75 Å². The van der Waals surface area contributed by atoms with E-state index in [1.807, 2.05) is 25.1 Å². The molecule has 0 heterocycles. The Bertz CT molecular complexity index is 434. The highest BCUT2D eigenvalue weighted by atomic mass is 19.3. The molecule has 1 aromatic rings. The largest absolute Gasteiger partial charge is 0.496 e. The summed E-state index contributed by atoms with van der Waals surface area (Å²) in [5.41, 5.74) is 8.05. The van der Waals surface area contributed by atoms with Crippen LogP contribution >= 0.6 is 0 Å². The van der Waals surface area contributed by atoms with Crippen molar-refractivity contribution in [1.29, 1.82) is 0 Å². The van der Waals surface area contributed by atoms with Crippen LogP contribution in [0.15, 0.2) is 18.2 Å². The molecule has 2 unspecified atom stereocenters. The summed E-state index contributed by atoms with van der Waals surface area (Å²) in [7, 11) is 1.57. The van der Waals surface area contributed by atoms with Crippen molar-refractivity contribution in [1.82, 2.24) is 0 Å². The molecule has 4 heteroatoms. The molecule has 0 radical (unpaired) electrons. The van der Waals surface area contributed by atoms with Gasteiger partial charge in [-0.25, -0.2) is 8.78 Å². The van der Waals surface area contributed by atoms with Crippen LogP contribution in [0.4, 0.5) is 8.78 Å². The fourth-order valence-electron chi connectivity index (χ4n) is 2.66. The lowest BCUT2D eigenvalue weighted by Gasteiger charge is -2.22. The average molecular weight is 255 g/mol. The molecule has 0 bridgehead atoms. The normalized spacial score (nSPS) is 23.9. The molecule has 0 amide bonds. The molecule has 1 aliphatic carbocycles. The summed E-state index contributed by atoms with van der Waals surface area (Å²) in [6, 6.07) is 5.32. The topological polar surface area (TPSA) is 35.2 Å². The van der Waals surface area contributed by atoms with Crippen molar-refractivity contribution in [2.24, 2.45) is 11.7 Å². The molecule has 2 nitrogen and oxygen atoms in total. The number of ether oxygens (including phenoxy) is 1. The zero-order chi connectivity index (χ0) is 13.3. The number of rotatable bonds is 3. The first kappa shape index (κ1) is 13.3. The van der Waals surface area contributed by atoms with Gasteiger partial charge in [0.25, 0.3) is 0 Å². The minimum atomic E-state index is -2.56. The van der Waals surface area contributed by atoms with Gasteiger partial charge in [-0.15, -0.1) is 0 Å². The molecule has 1 fully saturated rings. The second-order valence-corrected chi connectivity index (χ2v) is 5.13. The van der Waals surface area contributed by atoms with E-state index in [1.165, 1.54) is 0 Å². The van der Waals surface area contributed by atoms with Gasteiger partial charge in [-0.2, -0.15) is 0 Å². The Morgan fingerprint density at radius 1 is 1.44 bits per heavy atom. The van der Waals surface area contributed by atoms with Crippen molar-refractivity contribution in [3.63, 3.8) is 0 Å². The number of halogens is 2. The first-order valence-corrected chi connectivity index (χ1v) is 6.21. The number of hydrogen-bond acceptors (Lipinski definition) is 2. The van der Waals surface area contributed by atoms with E-state index in [4.69, 9.17) is 10.5 Å². The van der Waals surface area contributed by atoms with Gasteiger partial charge in [-0.05, 0) is 25.3 Å². The Hall–Kier alpha value is -1.16. The molecular formula is C14H19F2NO. The molecule has 1 aromatic carbocycles. The molecule has 1 saturated carbocycles. The van der Waals surface area contributed by atoms with Gasteiger partial charge in [0, 0.05) is 24.4 Å². The van der Waals surface area contributed by atoms with Crippen LogP contribution in [-0.4, -0.2) is 13.0 Å². The number of nitrogens with two attached hydrogens (primary N) is 1. The third-order valence-corrected chi connectivity index (χ3v) is 3.69. The molecule has 2 N–H and O–H groups in total. The summed E-state index contributed by atoms with van der Waals surface area (Å²) in [5.74, 6) is -2.04. The molecule has 0 aliphatic heterocycles. The van der Waals surface area contributed by atoms with Crippen molar-refractivity contribution in [3.05, 3.63) is 29.3 Å². The zero-order valence-corrected chi connectivity index (χ0v) is 10.7. The highest BCUT2D eigenvalue weighted by Gasteiger charge is 2.42. The maximum Gasteiger partial charge on any atom is 0.248 e. The highest BCUT2D eigenvalue weighted by Crippen LogP contribution is 2.45. The smallest absolute Gasteiger partial charge is 0.248 e. The van der Waals surface area contributed by atoms with E-state index in [0.717, 1.165) is 11.1 Å². The lowest BCUT2D eigenvalue weighted by atomic mass is 9.91. The number of benzene rings is 1. The third-order valence-electron chi connectivity index (χ3n) is 3.69. The Kier molecular flexibility index (Phi) is 3.57. The van der Waals surface area contributed by atoms with Crippen LogP contribution in [0.2, 0.25) is 0 Å². The fourth-order valence-corrected chi connectivity index (χ4v) is 2.66. The molecule has 100 valence electrons. The molecule has 0 saturated heterocycles. The first-order chi connectivity index (χ1) is 8.43. The minimum absolute atomic E-state index is 0.0561. The Labute approximate surface area is 106 Å². The van der Waals surface area contributed by atoms with Crippen LogP contribution in [0.1, 0.15) is 36.4 Å². The molecule has 1 aliphatic rings. The average Bonchev–Trinajstić information content (AvgIpc) is 2.68. The van der Waals surface area contributed by atoms with E-state index in [-0.39, 0.29) is 24.8 Å². The summed E-state index contributed by atoms with van der Waals surface area (Å²) in [4.78, 5) is 0. The van der Waals surface area contributed by atoms with Gasteiger partial charge < -0.3 is 10.5 Å². The standard InChI is InChI=1S/C14H19F2NO/c1-9-3-4-12(18-2)11(7-9)13(17)10-5-6-14(15,16)8-10/h3-4,7,10,13H,5-6,8,17H2,1-2H3. The van der Waals surface area contributed by atoms with Crippen molar-refractivity contribution >= 4 is 0 Å². The van der Waals surface area contributed by atoms with E-state index in [9.17, 15) is 8.78 Å². The van der Waals surface area contributed by atoms with E-state index in [1.54, 1.807) is 7.11 Å². The molecular weight excluding hydrogens is 236 g/mol. The highest BCUT2D eigenvalue weighted by molar-refractivity contribution is 5.39. The van der Waals surface area contributed by atoms with Gasteiger partial charge in [0.15, 0.2) is 0 Å². The third kappa shape index (κ3) is 2.64. The Balaban J connectivity index is 2.23. The summed E-state index contributed by atoms with van der Waals surface area (Å²) >= 11 is 0. The van der Waals surface area contributed by atoms with E-state index >= 15 is 0 Å².